The number of nitrogens with zero attached hydrogens (tertiary/aromatic N) is 2. The zero-order valence-electron chi connectivity index (χ0n) is 12.4. The van der Waals surface area contributed by atoms with Crippen molar-refractivity contribution in [3.8, 4) is 11.5 Å². The Balaban J connectivity index is 1.54. The molecule has 0 saturated carbocycles. The Morgan fingerprint density at radius 3 is 2.82 bits per heavy atom. The third-order valence-corrected chi connectivity index (χ3v) is 3.44. The van der Waals surface area contributed by atoms with Crippen molar-refractivity contribution in [2.24, 2.45) is 7.05 Å². The highest BCUT2D eigenvalue weighted by atomic mass is 16.5. The maximum absolute atomic E-state index is 12.0. The van der Waals surface area contributed by atoms with Crippen LogP contribution in [0.15, 0.2) is 36.7 Å². The summed E-state index contributed by atoms with van der Waals surface area (Å²) in [6.45, 7) is 1.35. The fourth-order valence-corrected chi connectivity index (χ4v) is 2.27. The molecule has 0 bridgehead atoms. The van der Waals surface area contributed by atoms with Crippen molar-refractivity contribution in [2.75, 3.05) is 13.2 Å². The molecule has 0 amide bonds. The van der Waals surface area contributed by atoms with Gasteiger partial charge in [-0.1, -0.05) is 0 Å². The van der Waals surface area contributed by atoms with Gasteiger partial charge in [0, 0.05) is 13.7 Å². The molecule has 22 heavy (non-hydrogen) atoms. The molecule has 0 aliphatic carbocycles. The highest BCUT2D eigenvalue weighted by Crippen LogP contribution is 2.17. The summed E-state index contributed by atoms with van der Waals surface area (Å²) in [6, 6.07) is 6.89. The Bertz CT molecular complexity index is 630. The van der Waals surface area contributed by atoms with E-state index in [4.69, 9.17) is 14.2 Å². The minimum atomic E-state index is -0.418. The van der Waals surface area contributed by atoms with Gasteiger partial charge >= 0.3 is 5.97 Å². The number of carbonyl (C=O) groups is 1. The van der Waals surface area contributed by atoms with E-state index in [1.165, 1.54) is 6.20 Å². The molecule has 0 radical (unpaired) electrons. The van der Waals surface area contributed by atoms with Crippen molar-refractivity contribution >= 4 is 5.97 Å². The topological polar surface area (TPSA) is 62.6 Å². The van der Waals surface area contributed by atoms with Gasteiger partial charge in [-0.25, -0.2) is 4.79 Å². The second-order valence-electron chi connectivity index (χ2n) is 5.21. The summed E-state index contributed by atoms with van der Waals surface area (Å²) >= 11 is 0. The third kappa shape index (κ3) is 3.65. The molecule has 1 aliphatic rings. The lowest BCUT2D eigenvalue weighted by Crippen LogP contribution is -2.16. The van der Waals surface area contributed by atoms with E-state index in [9.17, 15) is 4.79 Å². The molecule has 2 heterocycles. The van der Waals surface area contributed by atoms with Crippen LogP contribution in [-0.4, -0.2) is 35.1 Å². The van der Waals surface area contributed by atoms with Gasteiger partial charge in [0.2, 0.25) is 0 Å². The lowest BCUT2D eigenvalue weighted by molar-refractivity contribution is 0.0678. The van der Waals surface area contributed by atoms with Gasteiger partial charge in [-0.3, -0.25) is 4.68 Å². The number of carbonyl (C=O) groups excluding carboxylic acids is 1. The van der Waals surface area contributed by atoms with Crippen molar-refractivity contribution in [3.05, 3.63) is 42.2 Å². The summed E-state index contributed by atoms with van der Waals surface area (Å²) in [4.78, 5) is 12.0. The summed E-state index contributed by atoms with van der Waals surface area (Å²) < 4.78 is 17.9. The van der Waals surface area contributed by atoms with Gasteiger partial charge in [0.25, 0.3) is 0 Å². The van der Waals surface area contributed by atoms with Crippen LogP contribution in [0, 0.1) is 0 Å². The van der Waals surface area contributed by atoms with Gasteiger partial charge in [-0.2, -0.15) is 5.10 Å². The predicted molar refractivity (Wildman–Crippen MR) is 79.1 cm³/mol. The van der Waals surface area contributed by atoms with E-state index >= 15 is 0 Å². The minimum Gasteiger partial charge on any atom is -0.491 e. The van der Waals surface area contributed by atoms with E-state index in [0.717, 1.165) is 19.4 Å². The Labute approximate surface area is 128 Å². The summed E-state index contributed by atoms with van der Waals surface area (Å²) in [5.74, 6) is 0.721. The summed E-state index contributed by atoms with van der Waals surface area (Å²) in [6.07, 6.45) is 5.44. The van der Waals surface area contributed by atoms with Crippen molar-refractivity contribution in [3.63, 3.8) is 0 Å². The Morgan fingerprint density at radius 1 is 1.36 bits per heavy atom. The highest BCUT2D eigenvalue weighted by Gasteiger charge is 2.16. The number of rotatable bonds is 5. The first-order valence-electron chi connectivity index (χ1n) is 7.26. The molecule has 1 saturated heterocycles. The second-order valence-corrected chi connectivity index (χ2v) is 5.21. The molecule has 0 unspecified atom stereocenters. The number of benzene rings is 1. The van der Waals surface area contributed by atoms with E-state index in [1.807, 2.05) is 0 Å². The molecular weight excluding hydrogens is 284 g/mol. The average Bonchev–Trinajstić information content (AvgIpc) is 3.17. The van der Waals surface area contributed by atoms with Crippen LogP contribution in [0.25, 0.3) is 0 Å². The van der Waals surface area contributed by atoms with Gasteiger partial charge in [0.15, 0.2) is 5.75 Å². The number of aromatic nitrogens is 2. The predicted octanol–water partition coefficient (Wildman–Crippen LogP) is 2.20. The standard InChI is InChI=1S/C16H18N2O4/c1-18-10-15(9-17-18)22-16(19)12-4-6-13(7-5-12)21-11-14-3-2-8-20-14/h4-7,9-10,14H,2-3,8,11H2,1H3/t14-/m0/s1. The van der Waals surface area contributed by atoms with Gasteiger partial charge in [-0.05, 0) is 37.1 Å². The first-order valence-corrected chi connectivity index (χ1v) is 7.26. The smallest absolute Gasteiger partial charge is 0.343 e. The zero-order valence-corrected chi connectivity index (χ0v) is 12.4. The Hall–Kier alpha value is -2.34. The molecule has 0 spiro atoms. The third-order valence-electron chi connectivity index (χ3n) is 3.44. The number of ether oxygens (including phenoxy) is 3. The van der Waals surface area contributed by atoms with Crippen molar-refractivity contribution in [1.29, 1.82) is 0 Å². The van der Waals surface area contributed by atoms with Crippen molar-refractivity contribution in [1.82, 2.24) is 9.78 Å². The normalized spacial score (nSPS) is 17.4. The second kappa shape index (κ2) is 6.62. The molecule has 1 fully saturated rings. The molecule has 3 rings (SSSR count). The molecule has 2 aromatic rings. The Morgan fingerprint density at radius 2 is 2.18 bits per heavy atom. The molecule has 6 nitrogen and oxygen atoms in total. The molecule has 1 aliphatic heterocycles. The van der Waals surface area contributed by atoms with Crippen LogP contribution in [0.5, 0.6) is 11.5 Å². The molecule has 0 N–H and O–H groups in total. The fraction of sp³-hybridized carbons (Fsp3) is 0.375. The van der Waals surface area contributed by atoms with Crippen LogP contribution >= 0.6 is 0 Å². The lowest BCUT2D eigenvalue weighted by Gasteiger charge is -2.11. The maximum atomic E-state index is 12.0. The van der Waals surface area contributed by atoms with E-state index in [2.05, 4.69) is 5.10 Å². The van der Waals surface area contributed by atoms with Gasteiger partial charge in [0.1, 0.15) is 12.4 Å². The van der Waals surface area contributed by atoms with Crippen LogP contribution in [0.2, 0.25) is 0 Å². The quantitative estimate of drug-likeness (QED) is 0.792. The maximum Gasteiger partial charge on any atom is 0.343 e. The van der Waals surface area contributed by atoms with E-state index in [1.54, 1.807) is 42.2 Å². The zero-order chi connectivity index (χ0) is 15.4. The number of esters is 1. The van der Waals surface area contributed by atoms with Crippen LogP contribution in [0.1, 0.15) is 23.2 Å². The summed E-state index contributed by atoms with van der Waals surface area (Å²) in [5, 5.41) is 3.95. The molecule has 116 valence electrons. The van der Waals surface area contributed by atoms with Gasteiger partial charge in [0.05, 0.1) is 24.1 Å². The lowest BCUT2D eigenvalue weighted by atomic mass is 10.2. The fourth-order valence-electron chi connectivity index (χ4n) is 2.27. The molecule has 1 aromatic heterocycles. The minimum absolute atomic E-state index is 0.176. The summed E-state index contributed by atoms with van der Waals surface area (Å²) in [7, 11) is 1.76. The highest BCUT2D eigenvalue weighted by molar-refractivity contribution is 5.91. The Kier molecular flexibility index (Phi) is 4.39. The van der Waals surface area contributed by atoms with Crippen molar-refractivity contribution in [2.45, 2.75) is 18.9 Å². The first-order chi connectivity index (χ1) is 10.7. The average molecular weight is 302 g/mol. The molecule has 1 atom stereocenters. The number of hydrogen-bond donors (Lipinski definition) is 0. The number of aryl methyl sites for hydroxylation is 1. The largest absolute Gasteiger partial charge is 0.491 e. The van der Waals surface area contributed by atoms with Gasteiger partial charge in [-0.15, -0.1) is 0 Å². The SMILES string of the molecule is Cn1cc(OC(=O)c2ccc(OC[C@@H]3CCCO3)cc2)cn1. The monoisotopic (exact) mass is 302 g/mol. The van der Waals surface area contributed by atoms with Crippen LogP contribution in [-0.2, 0) is 11.8 Å². The molecular formula is C16H18N2O4. The number of hydrogen-bond acceptors (Lipinski definition) is 5. The van der Waals surface area contributed by atoms with Crippen molar-refractivity contribution < 1.29 is 19.0 Å². The van der Waals surface area contributed by atoms with Crippen LogP contribution in [0.3, 0.4) is 0 Å². The summed E-state index contributed by atoms with van der Waals surface area (Å²) in [5.41, 5.74) is 0.466. The van der Waals surface area contributed by atoms with Gasteiger partial charge < -0.3 is 14.2 Å². The molecule has 6 heteroatoms. The van der Waals surface area contributed by atoms with E-state index in [0.29, 0.717) is 23.7 Å². The first kappa shape index (κ1) is 14.6. The van der Waals surface area contributed by atoms with Crippen LogP contribution < -0.4 is 9.47 Å². The van der Waals surface area contributed by atoms with E-state index in [-0.39, 0.29) is 6.10 Å². The van der Waals surface area contributed by atoms with Crippen LogP contribution in [0.4, 0.5) is 0 Å². The molecule has 1 aromatic carbocycles. The van der Waals surface area contributed by atoms with E-state index < -0.39 is 5.97 Å².